The highest BCUT2D eigenvalue weighted by atomic mass is 35.5. The van der Waals surface area contributed by atoms with Crippen molar-refractivity contribution in [1.29, 1.82) is 0 Å². The predicted octanol–water partition coefficient (Wildman–Crippen LogP) is 2.75. The van der Waals surface area contributed by atoms with Crippen molar-refractivity contribution in [2.24, 2.45) is 0 Å². The number of hydrogen-bond acceptors (Lipinski definition) is 3. The van der Waals surface area contributed by atoms with Gasteiger partial charge in [-0.05, 0) is 50.6 Å². The molecule has 0 aromatic heterocycles. The lowest BCUT2D eigenvalue weighted by molar-refractivity contribution is 0.0771. The minimum absolute atomic E-state index is 0.0106. The molecule has 1 aromatic rings. The van der Waals surface area contributed by atoms with E-state index in [-0.39, 0.29) is 16.7 Å². The third kappa shape index (κ3) is 3.16. The Kier molecular flexibility index (Phi) is 4.36. The normalized spacial score (nSPS) is 23.5. The largest absolute Gasteiger partial charge is 0.506 e. The SMILES string of the molecule is O=C(c1ccc(O)c(Cl)c1)N1CCC(N2CCCCC2)C1. The van der Waals surface area contributed by atoms with Gasteiger partial charge in [-0.1, -0.05) is 18.0 Å². The number of benzene rings is 1. The van der Waals surface area contributed by atoms with Crippen molar-refractivity contribution >= 4 is 17.5 Å². The number of halogens is 1. The lowest BCUT2D eigenvalue weighted by Gasteiger charge is -2.32. The van der Waals surface area contributed by atoms with Crippen molar-refractivity contribution in [1.82, 2.24) is 9.80 Å². The van der Waals surface area contributed by atoms with Crippen LogP contribution in [-0.2, 0) is 0 Å². The fraction of sp³-hybridized carbons (Fsp3) is 0.562. The minimum atomic E-state index is 0.0106. The monoisotopic (exact) mass is 308 g/mol. The zero-order chi connectivity index (χ0) is 14.8. The second-order valence-electron chi connectivity index (χ2n) is 5.96. The van der Waals surface area contributed by atoms with Crippen LogP contribution in [0, 0.1) is 0 Å². The van der Waals surface area contributed by atoms with Gasteiger partial charge in [0.25, 0.3) is 5.91 Å². The Morgan fingerprint density at radius 2 is 1.95 bits per heavy atom. The van der Waals surface area contributed by atoms with E-state index < -0.39 is 0 Å². The van der Waals surface area contributed by atoms with Gasteiger partial charge in [0, 0.05) is 24.7 Å². The van der Waals surface area contributed by atoms with Crippen LogP contribution in [0.4, 0.5) is 0 Å². The first-order valence-electron chi connectivity index (χ1n) is 7.67. The van der Waals surface area contributed by atoms with E-state index >= 15 is 0 Å². The second kappa shape index (κ2) is 6.24. The standard InChI is InChI=1S/C16H21ClN2O2/c17-14-10-12(4-5-15(14)20)16(21)19-9-6-13(11-19)18-7-2-1-3-8-18/h4-5,10,13,20H,1-3,6-9,11H2. The van der Waals surface area contributed by atoms with Crippen LogP contribution < -0.4 is 0 Å². The maximum Gasteiger partial charge on any atom is 0.253 e. The van der Waals surface area contributed by atoms with Crippen molar-refractivity contribution < 1.29 is 9.90 Å². The number of phenols is 1. The van der Waals surface area contributed by atoms with Gasteiger partial charge in [-0.25, -0.2) is 0 Å². The van der Waals surface area contributed by atoms with Crippen molar-refractivity contribution in [3.8, 4) is 5.75 Å². The van der Waals surface area contributed by atoms with E-state index in [1.54, 1.807) is 12.1 Å². The number of amides is 1. The van der Waals surface area contributed by atoms with Crippen LogP contribution in [0.3, 0.4) is 0 Å². The molecule has 2 saturated heterocycles. The second-order valence-corrected chi connectivity index (χ2v) is 6.36. The quantitative estimate of drug-likeness (QED) is 0.913. The van der Waals surface area contributed by atoms with Crippen LogP contribution >= 0.6 is 11.6 Å². The summed E-state index contributed by atoms with van der Waals surface area (Å²) in [5.74, 6) is 0.0252. The van der Waals surface area contributed by atoms with Gasteiger partial charge >= 0.3 is 0 Å². The molecule has 1 atom stereocenters. The Hall–Kier alpha value is -1.26. The lowest BCUT2D eigenvalue weighted by Crippen LogP contribution is -2.41. The molecule has 2 heterocycles. The van der Waals surface area contributed by atoms with E-state index in [9.17, 15) is 9.90 Å². The third-order valence-electron chi connectivity index (χ3n) is 4.55. The third-order valence-corrected chi connectivity index (χ3v) is 4.86. The highest BCUT2D eigenvalue weighted by Crippen LogP contribution is 2.26. The number of rotatable bonds is 2. The fourth-order valence-electron chi connectivity index (χ4n) is 3.33. The van der Waals surface area contributed by atoms with Crippen LogP contribution in [0.1, 0.15) is 36.0 Å². The van der Waals surface area contributed by atoms with Crippen molar-refractivity contribution in [2.45, 2.75) is 31.7 Å². The van der Waals surface area contributed by atoms with Gasteiger partial charge in [0.15, 0.2) is 0 Å². The van der Waals surface area contributed by atoms with Crippen LogP contribution in [0.2, 0.25) is 5.02 Å². The Morgan fingerprint density at radius 1 is 1.19 bits per heavy atom. The molecule has 2 aliphatic heterocycles. The summed E-state index contributed by atoms with van der Waals surface area (Å²) < 4.78 is 0. The molecule has 0 bridgehead atoms. The maximum atomic E-state index is 12.5. The Morgan fingerprint density at radius 3 is 2.67 bits per heavy atom. The molecule has 21 heavy (non-hydrogen) atoms. The first kappa shape index (κ1) is 14.7. The summed E-state index contributed by atoms with van der Waals surface area (Å²) in [6.45, 7) is 3.94. The average Bonchev–Trinajstić information content (AvgIpc) is 3.00. The topological polar surface area (TPSA) is 43.8 Å². The molecule has 1 N–H and O–H groups in total. The highest BCUT2D eigenvalue weighted by molar-refractivity contribution is 6.32. The van der Waals surface area contributed by atoms with Crippen LogP contribution in [0.15, 0.2) is 18.2 Å². The van der Waals surface area contributed by atoms with Gasteiger partial charge in [0.1, 0.15) is 5.75 Å². The molecule has 1 unspecified atom stereocenters. The molecule has 0 saturated carbocycles. The Balaban J connectivity index is 1.64. The summed E-state index contributed by atoms with van der Waals surface area (Å²) in [7, 11) is 0. The molecule has 0 aliphatic carbocycles. The molecule has 1 aromatic carbocycles. The molecule has 2 fully saturated rings. The van der Waals surface area contributed by atoms with Crippen LogP contribution in [0.5, 0.6) is 5.75 Å². The van der Waals surface area contributed by atoms with Gasteiger partial charge in [-0.3, -0.25) is 9.69 Å². The van der Waals surface area contributed by atoms with Crippen molar-refractivity contribution in [3.63, 3.8) is 0 Å². The molecule has 4 nitrogen and oxygen atoms in total. The number of likely N-dealkylation sites (tertiary alicyclic amines) is 2. The first-order valence-corrected chi connectivity index (χ1v) is 8.05. The summed E-state index contributed by atoms with van der Waals surface area (Å²) >= 11 is 5.89. The number of hydrogen-bond donors (Lipinski definition) is 1. The highest BCUT2D eigenvalue weighted by Gasteiger charge is 2.31. The number of carbonyl (C=O) groups excluding carboxylic acids is 1. The number of nitrogens with zero attached hydrogens (tertiary/aromatic N) is 2. The molecule has 0 spiro atoms. The van der Waals surface area contributed by atoms with Gasteiger partial charge in [-0.2, -0.15) is 0 Å². The smallest absolute Gasteiger partial charge is 0.253 e. The number of piperidine rings is 1. The summed E-state index contributed by atoms with van der Waals surface area (Å²) in [4.78, 5) is 16.9. The lowest BCUT2D eigenvalue weighted by atomic mass is 10.1. The molecule has 114 valence electrons. The molecular weight excluding hydrogens is 288 g/mol. The van der Waals surface area contributed by atoms with Crippen molar-refractivity contribution in [2.75, 3.05) is 26.2 Å². The molecular formula is C16H21ClN2O2. The molecule has 2 aliphatic rings. The van der Waals surface area contributed by atoms with Gasteiger partial charge in [-0.15, -0.1) is 0 Å². The van der Waals surface area contributed by atoms with Gasteiger partial charge in [0.2, 0.25) is 0 Å². The van der Waals surface area contributed by atoms with Gasteiger partial charge in [0.05, 0.1) is 5.02 Å². The van der Waals surface area contributed by atoms with E-state index in [1.165, 1.54) is 25.3 Å². The summed E-state index contributed by atoms with van der Waals surface area (Å²) in [5.41, 5.74) is 0.553. The minimum Gasteiger partial charge on any atom is -0.506 e. The zero-order valence-electron chi connectivity index (χ0n) is 12.1. The van der Waals surface area contributed by atoms with E-state index in [1.807, 2.05) is 4.90 Å². The van der Waals surface area contributed by atoms with E-state index in [0.717, 1.165) is 32.6 Å². The number of phenolic OH excluding ortho intramolecular Hbond substituents is 1. The zero-order valence-corrected chi connectivity index (χ0v) is 12.9. The van der Waals surface area contributed by atoms with E-state index in [0.29, 0.717) is 11.6 Å². The fourth-order valence-corrected chi connectivity index (χ4v) is 3.51. The molecule has 5 heteroatoms. The summed E-state index contributed by atoms with van der Waals surface area (Å²) in [5, 5.41) is 9.67. The van der Waals surface area contributed by atoms with E-state index in [2.05, 4.69) is 4.90 Å². The van der Waals surface area contributed by atoms with Crippen LogP contribution in [-0.4, -0.2) is 53.0 Å². The maximum absolute atomic E-state index is 12.5. The Labute approximate surface area is 130 Å². The Bertz CT molecular complexity index is 529. The summed E-state index contributed by atoms with van der Waals surface area (Å²) in [6.07, 6.45) is 4.94. The average molecular weight is 309 g/mol. The first-order chi connectivity index (χ1) is 10.1. The molecule has 3 rings (SSSR count). The number of aromatic hydroxyl groups is 1. The van der Waals surface area contributed by atoms with Crippen LogP contribution in [0.25, 0.3) is 0 Å². The molecule has 1 amide bonds. The van der Waals surface area contributed by atoms with Gasteiger partial charge < -0.3 is 10.0 Å². The van der Waals surface area contributed by atoms with Crippen molar-refractivity contribution in [3.05, 3.63) is 28.8 Å². The number of carbonyl (C=O) groups is 1. The van der Waals surface area contributed by atoms with E-state index in [4.69, 9.17) is 11.6 Å². The molecule has 0 radical (unpaired) electrons. The summed E-state index contributed by atoms with van der Waals surface area (Å²) in [6, 6.07) is 5.17. The predicted molar refractivity (Wildman–Crippen MR) is 82.8 cm³/mol.